The van der Waals surface area contributed by atoms with Gasteiger partial charge in [0.2, 0.25) is 0 Å². The molecule has 3 heteroatoms. The molecule has 1 heterocycles. The molecule has 0 unspecified atom stereocenters. The molecule has 104 valence electrons. The molecule has 0 radical (unpaired) electrons. The van der Waals surface area contributed by atoms with Crippen LogP contribution in [0.3, 0.4) is 0 Å². The fourth-order valence-corrected chi connectivity index (χ4v) is 3.17. The number of rotatable bonds is 4. The van der Waals surface area contributed by atoms with E-state index >= 15 is 0 Å². The average molecular weight is 379 g/mol. The van der Waals surface area contributed by atoms with E-state index in [1.165, 1.54) is 11.1 Å². The number of benzene rings is 2. The molecular formula is C17H18INO. The maximum Gasteiger partial charge on any atom is 0.0901 e. The monoisotopic (exact) mass is 379 g/mol. The predicted octanol–water partition coefficient (Wildman–Crippen LogP) is 4.37. The van der Waals surface area contributed by atoms with Crippen LogP contribution in [0.25, 0.3) is 0 Å². The van der Waals surface area contributed by atoms with Crippen LogP contribution in [0.5, 0.6) is 0 Å². The number of hydrogen-bond acceptors (Lipinski definition) is 2. The molecule has 0 N–H and O–H groups in total. The Morgan fingerprint density at radius 2 is 1.65 bits per heavy atom. The van der Waals surface area contributed by atoms with Gasteiger partial charge < -0.3 is 0 Å². The topological polar surface area (TPSA) is 12.5 Å². The Morgan fingerprint density at radius 1 is 1.00 bits per heavy atom. The van der Waals surface area contributed by atoms with Crippen LogP contribution in [0.2, 0.25) is 0 Å². The van der Waals surface area contributed by atoms with E-state index in [0.717, 1.165) is 17.4 Å². The van der Waals surface area contributed by atoms with Gasteiger partial charge in [0.1, 0.15) is 0 Å². The molecule has 1 saturated heterocycles. The summed E-state index contributed by atoms with van der Waals surface area (Å²) in [6.45, 7) is 0.841. The van der Waals surface area contributed by atoms with E-state index in [-0.39, 0.29) is 0 Å². The van der Waals surface area contributed by atoms with Gasteiger partial charge in [0.15, 0.2) is 0 Å². The zero-order valence-electron chi connectivity index (χ0n) is 11.3. The second kappa shape index (κ2) is 6.70. The van der Waals surface area contributed by atoms with Crippen molar-refractivity contribution in [3.8, 4) is 0 Å². The fourth-order valence-electron chi connectivity index (χ4n) is 2.65. The standard InChI is InChI=1S/C17H18INO/c18-12-16-11-17(15-9-5-2-6-10-15)19(20-16)13-14-7-3-1-4-8-14/h1-10,16-17H,11-13H2/t16-,17-/m0/s1. The first-order chi connectivity index (χ1) is 9.86. The van der Waals surface area contributed by atoms with Gasteiger partial charge in [0, 0.05) is 11.0 Å². The van der Waals surface area contributed by atoms with Crippen LogP contribution >= 0.6 is 22.6 Å². The Bertz CT molecular complexity index is 531. The molecule has 1 fully saturated rings. The molecule has 20 heavy (non-hydrogen) atoms. The average Bonchev–Trinajstić information content (AvgIpc) is 2.92. The van der Waals surface area contributed by atoms with Crippen molar-refractivity contribution in [1.29, 1.82) is 0 Å². The molecule has 0 aromatic heterocycles. The van der Waals surface area contributed by atoms with Gasteiger partial charge in [-0.05, 0) is 17.5 Å². The van der Waals surface area contributed by atoms with Crippen molar-refractivity contribution in [2.45, 2.75) is 25.1 Å². The van der Waals surface area contributed by atoms with Gasteiger partial charge in [-0.15, -0.1) is 0 Å². The second-order valence-electron chi connectivity index (χ2n) is 5.10. The van der Waals surface area contributed by atoms with E-state index in [1.807, 2.05) is 0 Å². The van der Waals surface area contributed by atoms with E-state index in [4.69, 9.17) is 4.84 Å². The fraction of sp³-hybridized carbons (Fsp3) is 0.294. The zero-order valence-corrected chi connectivity index (χ0v) is 13.4. The SMILES string of the molecule is IC[C@@H]1C[C@@H](c2ccccc2)N(Cc2ccccc2)O1. The van der Waals surface area contributed by atoms with Crippen LogP contribution in [-0.2, 0) is 11.4 Å². The Hall–Kier alpha value is -0.910. The smallest absolute Gasteiger partial charge is 0.0901 e. The highest BCUT2D eigenvalue weighted by Gasteiger charge is 2.33. The van der Waals surface area contributed by atoms with Crippen molar-refractivity contribution in [1.82, 2.24) is 5.06 Å². The number of hydroxylamine groups is 2. The van der Waals surface area contributed by atoms with E-state index in [0.29, 0.717) is 12.1 Å². The second-order valence-corrected chi connectivity index (χ2v) is 5.99. The van der Waals surface area contributed by atoms with Crippen LogP contribution in [0.15, 0.2) is 60.7 Å². The first-order valence-corrected chi connectivity index (χ1v) is 8.47. The molecule has 2 aromatic rings. The van der Waals surface area contributed by atoms with Crippen molar-refractivity contribution >= 4 is 22.6 Å². The van der Waals surface area contributed by atoms with E-state index < -0.39 is 0 Å². The molecule has 0 saturated carbocycles. The van der Waals surface area contributed by atoms with Gasteiger partial charge in [-0.3, -0.25) is 4.84 Å². The highest BCUT2D eigenvalue weighted by Crippen LogP contribution is 2.35. The summed E-state index contributed by atoms with van der Waals surface area (Å²) in [6, 6.07) is 21.6. The van der Waals surface area contributed by atoms with Crippen LogP contribution in [0.1, 0.15) is 23.6 Å². The molecule has 0 aliphatic carbocycles. The minimum atomic E-state index is 0.324. The maximum absolute atomic E-state index is 6.11. The molecule has 0 amide bonds. The number of halogens is 1. The molecule has 1 aliphatic heterocycles. The van der Waals surface area contributed by atoms with Crippen LogP contribution in [-0.4, -0.2) is 15.6 Å². The molecule has 2 atom stereocenters. The van der Waals surface area contributed by atoms with Crippen LogP contribution in [0.4, 0.5) is 0 Å². The molecule has 2 nitrogen and oxygen atoms in total. The summed E-state index contributed by atoms with van der Waals surface area (Å²) in [5.74, 6) is 0. The summed E-state index contributed by atoms with van der Waals surface area (Å²) in [5.41, 5.74) is 2.64. The number of alkyl halides is 1. The Labute approximate surface area is 133 Å². The van der Waals surface area contributed by atoms with Crippen molar-refractivity contribution < 1.29 is 4.84 Å². The lowest BCUT2D eigenvalue weighted by Crippen LogP contribution is -2.22. The number of nitrogens with zero attached hydrogens (tertiary/aromatic N) is 1. The van der Waals surface area contributed by atoms with Gasteiger partial charge in [-0.2, -0.15) is 5.06 Å². The largest absolute Gasteiger partial charge is 0.294 e. The molecule has 2 aromatic carbocycles. The van der Waals surface area contributed by atoms with Gasteiger partial charge >= 0.3 is 0 Å². The summed E-state index contributed by atoms with van der Waals surface area (Å²) in [7, 11) is 0. The van der Waals surface area contributed by atoms with E-state index in [1.54, 1.807) is 0 Å². The molecule has 0 spiro atoms. The summed E-state index contributed by atoms with van der Waals surface area (Å²) >= 11 is 2.41. The summed E-state index contributed by atoms with van der Waals surface area (Å²) in [5, 5.41) is 2.15. The quantitative estimate of drug-likeness (QED) is 0.578. The van der Waals surface area contributed by atoms with Crippen molar-refractivity contribution in [3.63, 3.8) is 0 Å². The highest BCUT2D eigenvalue weighted by atomic mass is 127. The van der Waals surface area contributed by atoms with E-state index in [9.17, 15) is 0 Å². The van der Waals surface area contributed by atoms with Crippen LogP contribution in [0, 0.1) is 0 Å². The highest BCUT2D eigenvalue weighted by molar-refractivity contribution is 14.1. The summed E-state index contributed by atoms with van der Waals surface area (Å²) in [6.07, 6.45) is 1.39. The van der Waals surface area contributed by atoms with Gasteiger partial charge in [-0.1, -0.05) is 83.3 Å². The third kappa shape index (κ3) is 3.22. The summed E-state index contributed by atoms with van der Waals surface area (Å²) in [4.78, 5) is 6.11. The first kappa shape index (κ1) is 14.0. The van der Waals surface area contributed by atoms with Gasteiger partial charge in [0.05, 0.1) is 12.1 Å². The summed E-state index contributed by atoms with van der Waals surface area (Å²) < 4.78 is 1.03. The first-order valence-electron chi connectivity index (χ1n) is 6.95. The Balaban J connectivity index is 1.80. The van der Waals surface area contributed by atoms with Crippen molar-refractivity contribution in [2.24, 2.45) is 0 Å². The lowest BCUT2D eigenvalue weighted by molar-refractivity contribution is -0.164. The normalized spacial score (nSPS) is 23.1. The molecular weight excluding hydrogens is 361 g/mol. The third-order valence-corrected chi connectivity index (χ3v) is 4.64. The van der Waals surface area contributed by atoms with Crippen molar-refractivity contribution in [3.05, 3.63) is 71.8 Å². The van der Waals surface area contributed by atoms with Crippen molar-refractivity contribution in [2.75, 3.05) is 4.43 Å². The van der Waals surface area contributed by atoms with E-state index in [2.05, 4.69) is 88.3 Å². The number of hydrogen-bond donors (Lipinski definition) is 0. The maximum atomic E-state index is 6.11. The van der Waals surface area contributed by atoms with Crippen LogP contribution < -0.4 is 0 Å². The Morgan fingerprint density at radius 3 is 2.30 bits per heavy atom. The minimum absolute atomic E-state index is 0.324. The lowest BCUT2D eigenvalue weighted by atomic mass is 10.0. The molecule has 1 aliphatic rings. The Kier molecular flexibility index (Phi) is 4.70. The molecule has 0 bridgehead atoms. The van der Waals surface area contributed by atoms with Gasteiger partial charge in [0.25, 0.3) is 0 Å². The molecule has 3 rings (SSSR count). The van der Waals surface area contributed by atoms with Gasteiger partial charge in [-0.25, -0.2) is 0 Å². The third-order valence-electron chi connectivity index (χ3n) is 3.66. The minimum Gasteiger partial charge on any atom is -0.294 e. The zero-order chi connectivity index (χ0) is 13.8. The predicted molar refractivity (Wildman–Crippen MR) is 89.5 cm³/mol. The lowest BCUT2D eigenvalue weighted by Gasteiger charge is -2.23.